The van der Waals surface area contributed by atoms with Crippen LogP contribution in [0, 0.1) is 0 Å². The highest BCUT2D eigenvalue weighted by Gasteiger charge is 2.53. The van der Waals surface area contributed by atoms with E-state index < -0.39 is 11.6 Å². The first-order valence-corrected chi connectivity index (χ1v) is 14.8. The highest BCUT2D eigenvalue weighted by Crippen LogP contribution is 2.35. The predicted octanol–water partition coefficient (Wildman–Crippen LogP) is 5.37. The van der Waals surface area contributed by atoms with E-state index in [1.165, 1.54) is 5.56 Å². The molecular weight excluding hydrogens is 522 g/mol. The van der Waals surface area contributed by atoms with Gasteiger partial charge < -0.3 is 15.0 Å². The van der Waals surface area contributed by atoms with Crippen molar-refractivity contribution in [2.75, 3.05) is 13.1 Å². The number of rotatable bonds is 9. The summed E-state index contributed by atoms with van der Waals surface area (Å²) in [5.41, 5.74) is 3.58. The van der Waals surface area contributed by atoms with Gasteiger partial charge in [-0.05, 0) is 47.2 Å². The molecule has 6 nitrogen and oxygen atoms in total. The summed E-state index contributed by atoms with van der Waals surface area (Å²) in [4.78, 5) is 32.1. The summed E-state index contributed by atoms with van der Waals surface area (Å²) < 4.78 is 5.95. The number of nitrogens with one attached hydrogen (secondary N) is 1. The summed E-state index contributed by atoms with van der Waals surface area (Å²) in [5, 5.41) is 3.12. The van der Waals surface area contributed by atoms with E-state index in [0.717, 1.165) is 42.1 Å². The van der Waals surface area contributed by atoms with Gasteiger partial charge in [-0.1, -0.05) is 103 Å². The molecule has 1 N–H and O–H groups in total. The number of benzene rings is 4. The van der Waals surface area contributed by atoms with Gasteiger partial charge in [0.05, 0.1) is 0 Å². The lowest BCUT2D eigenvalue weighted by Gasteiger charge is -2.51. The lowest BCUT2D eigenvalue weighted by molar-refractivity contribution is -0.162. The van der Waals surface area contributed by atoms with Crippen LogP contribution in [0.15, 0.2) is 115 Å². The second kappa shape index (κ2) is 12.6. The van der Waals surface area contributed by atoms with Crippen LogP contribution in [0.4, 0.5) is 0 Å². The summed E-state index contributed by atoms with van der Waals surface area (Å²) in [6, 6.07) is 37.8. The van der Waals surface area contributed by atoms with E-state index >= 15 is 0 Å². The zero-order valence-corrected chi connectivity index (χ0v) is 23.8. The number of amides is 2. The zero-order valence-electron chi connectivity index (χ0n) is 23.8. The van der Waals surface area contributed by atoms with Crippen molar-refractivity contribution < 1.29 is 14.3 Å². The molecule has 0 aliphatic carbocycles. The number of piperazine rings is 1. The monoisotopic (exact) mass is 559 g/mol. The Kier molecular flexibility index (Phi) is 8.33. The maximum absolute atomic E-state index is 14.0. The van der Waals surface area contributed by atoms with Gasteiger partial charge in [-0.15, -0.1) is 0 Å². The number of likely N-dealkylation sites (tertiary alicyclic amines) is 1. The smallest absolute Gasteiger partial charge is 0.246 e. The molecule has 4 aromatic rings. The van der Waals surface area contributed by atoms with E-state index in [9.17, 15) is 9.59 Å². The molecule has 0 bridgehead atoms. The average Bonchev–Trinajstić information content (AvgIpc) is 3.04. The Labute approximate surface area is 247 Å². The first-order chi connectivity index (χ1) is 20.6. The molecular formula is C36H37N3O3. The van der Waals surface area contributed by atoms with Crippen molar-refractivity contribution in [2.24, 2.45) is 0 Å². The standard InChI is InChI=1S/C36H37N3O3/c40-34-33(24-28-10-4-1-5-11-28)37-35(41)36(39(34)26-29-12-6-2-7-13-29)20-22-38(23-21-36)25-30-16-18-32(19-17-30)42-27-31-14-8-3-9-15-31/h1-19,33H,20-27H2,(H,37,41). The highest BCUT2D eigenvalue weighted by molar-refractivity contribution is 6.00. The van der Waals surface area contributed by atoms with Crippen molar-refractivity contribution in [3.8, 4) is 5.75 Å². The van der Waals surface area contributed by atoms with E-state index in [0.29, 0.717) is 32.4 Å². The molecule has 4 aromatic carbocycles. The van der Waals surface area contributed by atoms with Crippen LogP contribution in [0.1, 0.15) is 35.1 Å². The van der Waals surface area contributed by atoms with Gasteiger partial charge in [0.15, 0.2) is 0 Å². The van der Waals surface area contributed by atoms with Crippen molar-refractivity contribution in [1.82, 2.24) is 15.1 Å². The Bertz CT molecular complexity index is 1470. The maximum atomic E-state index is 14.0. The minimum Gasteiger partial charge on any atom is -0.489 e. The Morgan fingerprint density at radius 3 is 1.83 bits per heavy atom. The van der Waals surface area contributed by atoms with E-state index in [2.05, 4.69) is 34.5 Å². The van der Waals surface area contributed by atoms with E-state index in [4.69, 9.17) is 4.74 Å². The van der Waals surface area contributed by atoms with Crippen molar-refractivity contribution in [3.63, 3.8) is 0 Å². The minimum absolute atomic E-state index is 0.00171. The largest absolute Gasteiger partial charge is 0.489 e. The SMILES string of the molecule is O=C1C(Cc2ccccc2)NC(=O)C2(CCN(Cc3ccc(OCc4ccccc4)cc3)CC2)N1Cc1ccccc1. The van der Waals surface area contributed by atoms with Crippen LogP contribution >= 0.6 is 0 Å². The Morgan fingerprint density at radius 1 is 0.667 bits per heavy atom. The minimum atomic E-state index is -0.842. The molecule has 1 unspecified atom stereocenters. The molecule has 2 heterocycles. The third-order valence-electron chi connectivity index (χ3n) is 8.54. The molecule has 6 rings (SSSR count). The molecule has 6 heteroatoms. The molecule has 2 aliphatic rings. The molecule has 2 fully saturated rings. The van der Waals surface area contributed by atoms with Crippen molar-refractivity contribution in [3.05, 3.63) is 138 Å². The van der Waals surface area contributed by atoms with Crippen molar-refractivity contribution in [2.45, 2.75) is 50.5 Å². The molecule has 2 aliphatic heterocycles. The number of hydrogen-bond acceptors (Lipinski definition) is 4. The summed E-state index contributed by atoms with van der Waals surface area (Å²) in [6.07, 6.45) is 1.70. The van der Waals surface area contributed by atoms with Gasteiger partial charge in [-0.3, -0.25) is 14.5 Å². The second-order valence-electron chi connectivity index (χ2n) is 11.4. The molecule has 0 aromatic heterocycles. The fraction of sp³-hybridized carbons (Fsp3) is 0.278. The van der Waals surface area contributed by atoms with Crippen LogP contribution in [0.5, 0.6) is 5.75 Å². The fourth-order valence-electron chi connectivity index (χ4n) is 6.13. The molecule has 1 atom stereocenters. The van der Waals surface area contributed by atoms with Crippen molar-refractivity contribution in [1.29, 1.82) is 0 Å². The molecule has 214 valence electrons. The van der Waals surface area contributed by atoms with Crippen LogP contribution in [0.2, 0.25) is 0 Å². The average molecular weight is 560 g/mol. The van der Waals surface area contributed by atoms with E-state index in [1.54, 1.807) is 0 Å². The van der Waals surface area contributed by atoms with Crippen LogP contribution in [-0.2, 0) is 35.7 Å². The maximum Gasteiger partial charge on any atom is 0.246 e. The Balaban J connectivity index is 1.12. The van der Waals surface area contributed by atoms with Gasteiger partial charge >= 0.3 is 0 Å². The number of carbonyl (C=O) groups excluding carboxylic acids is 2. The van der Waals surface area contributed by atoms with Gasteiger partial charge in [0.2, 0.25) is 11.8 Å². The number of ether oxygens (including phenoxy) is 1. The molecule has 2 amide bonds. The normalized spacial score (nSPS) is 18.6. The third-order valence-corrected chi connectivity index (χ3v) is 8.54. The Hall–Kier alpha value is -4.42. The van der Waals surface area contributed by atoms with Gasteiger partial charge in [0, 0.05) is 32.6 Å². The lowest BCUT2D eigenvalue weighted by Crippen LogP contribution is -2.72. The molecule has 42 heavy (non-hydrogen) atoms. The molecule has 0 radical (unpaired) electrons. The number of carbonyl (C=O) groups is 2. The summed E-state index contributed by atoms with van der Waals surface area (Å²) in [6.45, 7) is 3.24. The number of piperidine rings is 1. The zero-order chi connectivity index (χ0) is 28.8. The Morgan fingerprint density at radius 2 is 1.21 bits per heavy atom. The lowest BCUT2D eigenvalue weighted by atomic mass is 9.80. The number of nitrogens with zero attached hydrogens (tertiary/aromatic N) is 2. The first kappa shape index (κ1) is 27.7. The van der Waals surface area contributed by atoms with Crippen LogP contribution < -0.4 is 10.1 Å². The quantitative estimate of drug-likeness (QED) is 0.300. The van der Waals surface area contributed by atoms with Gasteiger partial charge in [-0.25, -0.2) is 0 Å². The van der Waals surface area contributed by atoms with Crippen LogP contribution in [-0.4, -0.2) is 46.3 Å². The van der Waals surface area contributed by atoms with Gasteiger partial charge in [0.1, 0.15) is 23.9 Å². The highest BCUT2D eigenvalue weighted by atomic mass is 16.5. The van der Waals surface area contributed by atoms with E-state index in [-0.39, 0.29) is 11.8 Å². The van der Waals surface area contributed by atoms with E-state index in [1.807, 2.05) is 95.9 Å². The predicted molar refractivity (Wildman–Crippen MR) is 164 cm³/mol. The topological polar surface area (TPSA) is 61.9 Å². The summed E-state index contributed by atoms with van der Waals surface area (Å²) >= 11 is 0. The molecule has 0 saturated carbocycles. The summed E-state index contributed by atoms with van der Waals surface area (Å²) in [7, 11) is 0. The van der Waals surface area contributed by atoms with Gasteiger partial charge in [-0.2, -0.15) is 0 Å². The molecule has 1 spiro atoms. The van der Waals surface area contributed by atoms with Crippen LogP contribution in [0.25, 0.3) is 0 Å². The fourth-order valence-corrected chi connectivity index (χ4v) is 6.13. The van der Waals surface area contributed by atoms with Gasteiger partial charge in [0.25, 0.3) is 0 Å². The number of hydrogen-bond donors (Lipinski definition) is 1. The third kappa shape index (κ3) is 6.24. The first-order valence-electron chi connectivity index (χ1n) is 14.8. The van der Waals surface area contributed by atoms with Crippen molar-refractivity contribution >= 4 is 11.8 Å². The summed E-state index contributed by atoms with van der Waals surface area (Å²) in [5.74, 6) is 0.819. The molecule has 2 saturated heterocycles. The second-order valence-corrected chi connectivity index (χ2v) is 11.4. The van der Waals surface area contributed by atoms with Crippen LogP contribution in [0.3, 0.4) is 0 Å².